The second-order valence-electron chi connectivity index (χ2n) is 10.8. The fraction of sp³-hybridized carbons (Fsp3) is 0.171. The van der Waals surface area contributed by atoms with Gasteiger partial charge in [0.05, 0.1) is 20.3 Å². The zero-order chi connectivity index (χ0) is 29.2. The zero-order valence-corrected chi connectivity index (χ0v) is 23.7. The van der Waals surface area contributed by atoms with Gasteiger partial charge < -0.3 is 14.4 Å². The van der Waals surface area contributed by atoms with Gasteiger partial charge in [-0.1, -0.05) is 72.3 Å². The molecule has 2 aliphatic heterocycles. The summed E-state index contributed by atoms with van der Waals surface area (Å²) >= 11 is 6.18. The van der Waals surface area contributed by atoms with E-state index >= 15 is 0 Å². The van der Waals surface area contributed by atoms with Crippen molar-refractivity contribution >= 4 is 40.7 Å². The Labute approximate surface area is 248 Å². The van der Waals surface area contributed by atoms with Crippen molar-refractivity contribution in [3.8, 4) is 11.5 Å². The van der Waals surface area contributed by atoms with E-state index in [-0.39, 0.29) is 17.3 Å². The molecule has 0 N–H and O–H groups in total. The predicted molar refractivity (Wildman–Crippen MR) is 161 cm³/mol. The summed E-state index contributed by atoms with van der Waals surface area (Å²) in [7, 11) is 3.08. The summed E-state index contributed by atoms with van der Waals surface area (Å²) in [4.78, 5) is 46.2. The molecular weight excluding hydrogens is 550 g/mol. The number of hydrogen-bond donors (Lipinski definition) is 0. The molecule has 208 valence electrons. The average Bonchev–Trinajstić information content (AvgIpc) is 3.47. The number of carbonyl (C=O) groups excluding carboxylic acids is 3. The largest absolute Gasteiger partial charge is 0.493 e. The van der Waals surface area contributed by atoms with Crippen LogP contribution in [-0.2, 0) is 0 Å². The van der Waals surface area contributed by atoms with Crippen LogP contribution in [0.5, 0.6) is 11.5 Å². The smallest absolute Gasteiger partial charge is 0.185 e. The first-order chi connectivity index (χ1) is 20.4. The fourth-order valence-electron chi connectivity index (χ4n) is 7.12. The summed E-state index contributed by atoms with van der Waals surface area (Å²) < 4.78 is 11.1. The molecule has 1 aliphatic carbocycles. The molecule has 0 amide bonds. The number of ether oxygens (including phenoxy) is 2. The highest BCUT2D eigenvalue weighted by Crippen LogP contribution is 2.61. The van der Waals surface area contributed by atoms with Crippen molar-refractivity contribution in [2.45, 2.75) is 18.0 Å². The summed E-state index contributed by atoms with van der Waals surface area (Å²) in [5.41, 5.74) is 1.92. The Morgan fingerprint density at radius 1 is 0.810 bits per heavy atom. The molecular formula is C35H26ClNO5. The van der Waals surface area contributed by atoms with Gasteiger partial charge in [0, 0.05) is 33.3 Å². The standard InChI is InChI=1S/C35H26ClNO5/c1-41-27-17-13-22(19-28(27)42-2)30-31(32(38)21-11-15-23(36)16-12-21)37-26-10-6-3-7-20(26)14-18-29(37)35(30)33(39)24-8-4-5-9-25(24)34(35)40/h3-19,29-31H,1-2H3/t29-,30+,31+/m1/s1. The minimum Gasteiger partial charge on any atom is -0.493 e. The minimum absolute atomic E-state index is 0.213. The average molecular weight is 576 g/mol. The number of halogens is 1. The van der Waals surface area contributed by atoms with Gasteiger partial charge in [-0.15, -0.1) is 0 Å². The molecule has 4 aromatic rings. The zero-order valence-electron chi connectivity index (χ0n) is 22.9. The molecule has 6 nitrogen and oxygen atoms in total. The fourth-order valence-corrected chi connectivity index (χ4v) is 7.25. The summed E-state index contributed by atoms with van der Waals surface area (Å²) in [6, 6.07) is 25.2. The minimum atomic E-state index is -1.60. The molecule has 7 rings (SSSR count). The van der Waals surface area contributed by atoms with E-state index in [9.17, 15) is 14.4 Å². The molecule has 3 aliphatic rings. The number of methoxy groups -OCH3 is 2. The number of hydrogen-bond acceptors (Lipinski definition) is 6. The van der Waals surface area contributed by atoms with Gasteiger partial charge in [0.1, 0.15) is 11.5 Å². The predicted octanol–water partition coefficient (Wildman–Crippen LogP) is 6.67. The lowest BCUT2D eigenvalue weighted by molar-refractivity contribution is 0.0665. The Kier molecular flexibility index (Phi) is 6.06. The summed E-state index contributed by atoms with van der Waals surface area (Å²) in [6.45, 7) is 0. The highest BCUT2D eigenvalue weighted by Gasteiger charge is 2.71. The maximum absolute atomic E-state index is 14.7. The van der Waals surface area contributed by atoms with Crippen molar-refractivity contribution in [3.05, 3.63) is 130 Å². The van der Waals surface area contributed by atoms with Crippen molar-refractivity contribution in [1.29, 1.82) is 0 Å². The summed E-state index contributed by atoms with van der Waals surface area (Å²) in [5, 5.41) is 0.506. The van der Waals surface area contributed by atoms with Crippen LogP contribution in [0.25, 0.3) is 6.08 Å². The third kappa shape index (κ3) is 3.48. The maximum Gasteiger partial charge on any atom is 0.185 e. The number of benzene rings is 4. The molecule has 0 saturated carbocycles. The number of nitrogens with zero attached hydrogens (tertiary/aromatic N) is 1. The summed E-state index contributed by atoms with van der Waals surface area (Å²) in [6.07, 6.45) is 3.86. The quantitative estimate of drug-likeness (QED) is 0.195. The molecule has 0 radical (unpaired) electrons. The van der Waals surface area contributed by atoms with Crippen LogP contribution in [0.1, 0.15) is 48.1 Å². The monoisotopic (exact) mass is 575 g/mol. The van der Waals surface area contributed by atoms with Crippen LogP contribution in [0.4, 0.5) is 5.69 Å². The van der Waals surface area contributed by atoms with Gasteiger partial charge in [-0.05, 0) is 53.6 Å². The third-order valence-electron chi connectivity index (χ3n) is 8.88. The van der Waals surface area contributed by atoms with E-state index in [4.69, 9.17) is 21.1 Å². The first-order valence-electron chi connectivity index (χ1n) is 13.7. The van der Waals surface area contributed by atoms with Gasteiger partial charge in [0.2, 0.25) is 0 Å². The van der Waals surface area contributed by atoms with E-state index in [1.165, 1.54) is 7.11 Å². The Morgan fingerprint density at radius 2 is 1.45 bits per heavy atom. The van der Waals surface area contributed by atoms with Gasteiger partial charge in [0.15, 0.2) is 28.8 Å². The van der Waals surface area contributed by atoms with E-state index in [0.717, 1.165) is 11.3 Å². The van der Waals surface area contributed by atoms with Crippen molar-refractivity contribution in [2.24, 2.45) is 5.41 Å². The second kappa shape index (κ2) is 9.71. The van der Waals surface area contributed by atoms with Crippen LogP contribution < -0.4 is 14.4 Å². The molecule has 0 bridgehead atoms. The number of Topliss-reactive ketones (excluding diaryl/α,β-unsaturated/α-hetero) is 3. The van der Waals surface area contributed by atoms with Gasteiger partial charge in [-0.2, -0.15) is 0 Å². The van der Waals surface area contributed by atoms with Gasteiger partial charge in [-0.3, -0.25) is 14.4 Å². The van der Waals surface area contributed by atoms with E-state index in [1.54, 1.807) is 67.8 Å². The second-order valence-corrected chi connectivity index (χ2v) is 11.2. The van der Waals surface area contributed by atoms with E-state index in [0.29, 0.717) is 38.8 Å². The third-order valence-corrected chi connectivity index (χ3v) is 9.13. The number of ketones is 3. The van der Waals surface area contributed by atoms with Crippen molar-refractivity contribution < 1.29 is 23.9 Å². The Bertz CT molecular complexity index is 1780. The highest BCUT2D eigenvalue weighted by atomic mass is 35.5. The topological polar surface area (TPSA) is 72.9 Å². The highest BCUT2D eigenvalue weighted by molar-refractivity contribution is 6.32. The molecule has 7 heteroatoms. The molecule has 3 atom stereocenters. The first kappa shape index (κ1) is 26.2. The molecule has 4 aromatic carbocycles. The van der Waals surface area contributed by atoms with Gasteiger partial charge >= 0.3 is 0 Å². The van der Waals surface area contributed by atoms with Crippen LogP contribution in [-0.4, -0.2) is 43.7 Å². The van der Waals surface area contributed by atoms with Crippen LogP contribution >= 0.6 is 11.6 Å². The number of anilines is 1. The lowest BCUT2D eigenvalue weighted by Crippen LogP contribution is -2.48. The normalized spacial score (nSPS) is 21.2. The Morgan fingerprint density at radius 3 is 2.12 bits per heavy atom. The Balaban J connectivity index is 1.55. The molecule has 42 heavy (non-hydrogen) atoms. The van der Waals surface area contributed by atoms with Crippen LogP contribution in [0.2, 0.25) is 5.02 Å². The van der Waals surface area contributed by atoms with E-state index in [2.05, 4.69) is 0 Å². The molecule has 1 saturated heterocycles. The van der Waals surface area contributed by atoms with Gasteiger partial charge in [-0.25, -0.2) is 0 Å². The lowest BCUT2D eigenvalue weighted by Gasteiger charge is -2.37. The molecule has 2 heterocycles. The van der Waals surface area contributed by atoms with Crippen molar-refractivity contribution in [1.82, 2.24) is 0 Å². The maximum atomic E-state index is 14.7. The summed E-state index contributed by atoms with van der Waals surface area (Å²) in [5.74, 6) is -0.686. The van der Waals surface area contributed by atoms with Crippen LogP contribution in [0.3, 0.4) is 0 Å². The van der Waals surface area contributed by atoms with E-state index < -0.39 is 23.4 Å². The van der Waals surface area contributed by atoms with Crippen molar-refractivity contribution in [2.75, 3.05) is 19.1 Å². The number of carbonyl (C=O) groups is 3. The van der Waals surface area contributed by atoms with Crippen molar-refractivity contribution in [3.63, 3.8) is 0 Å². The van der Waals surface area contributed by atoms with E-state index in [1.807, 2.05) is 47.4 Å². The number of para-hydroxylation sites is 1. The molecule has 0 aromatic heterocycles. The molecule has 0 unspecified atom stereocenters. The first-order valence-corrected chi connectivity index (χ1v) is 14.1. The SMILES string of the molecule is COc1ccc([C@H]2[C@@H](C(=O)c3ccc(Cl)cc3)N3c4ccccc4C=C[C@@H]3C23C(=O)c2ccccc2C3=O)cc1OC. The lowest BCUT2D eigenvalue weighted by atomic mass is 9.64. The number of rotatable bonds is 5. The molecule has 1 spiro atoms. The van der Waals surface area contributed by atoms with Crippen LogP contribution in [0.15, 0.2) is 97.1 Å². The Hall–Kier alpha value is -4.68. The molecule has 1 fully saturated rings. The number of fused-ring (bicyclic) bond motifs is 5. The van der Waals surface area contributed by atoms with Gasteiger partial charge in [0.25, 0.3) is 0 Å². The van der Waals surface area contributed by atoms with Crippen LogP contribution in [0, 0.1) is 5.41 Å².